The lowest BCUT2D eigenvalue weighted by atomic mass is 10.0. The van der Waals surface area contributed by atoms with Crippen LogP contribution in [-0.4, -0.2) is 17.7 Å². The molecule has 0 bridgehead atoms. The normalized spacial score (nSPS) is 14.9. The zero-order chi connectivity index (χ0) is 14.7. The fraction of sp³-hybridized carbons (Fsp3) is 0.250. The van der Waals surface area contributed by atoms with Gasteiger partial charge in [-0.2, -0.15) is 0 Å². The van der Waals surface area contributed by atoms with E-state index < -0.39 is 35.3 Å². The molecule has 1 aromatic rings. The standard InChI is InChI=1S/C12H11F2N3O3/c13-8-3-1-6(5-9(8)14)15-10(18)4-2-7-11(19)16-17-12(7)20/h1,3,5,7H,2,4H2,(H,15,18)(H,16,19)(H,17,20). The van der Waals surface area contributed by atoms with Gasteiger partial charge >= 0.3 is 0 Å². The lowest BCUT2D eigenvalue weighted by Crippen LogP contribution is -2.28. The Morgan fingerprint density at radius 1 is 1.15 bits per heavy atom. The quantitative estimate of drug-likeness (QED) is 0.702. The first kappa shape index (κ1) is 13.9. The lowest BCUT2D eigenvalue weighted by molar-refractivity contribution is -0.128. The highest BCUT2D eigenvalue weighted by molar-refractivity contribution is 6.05. The van der Waals surface area contributed by atoms with Crippen LogP contribution in [0.4, 0.5) is 14.5 Å². The topological polar surface area (TPSA) is 87.3 Å². The van der Waals surface area contributed by atoms with E-state index in [4.69, 9.17) is 0 Å². The summed E-state index contributed by atoms with van der Waals surface area (Å²) in [5, 5.41) is 2.35. The molecule has 0 aromatic heterocycles. The van der Waals surface area contributed by atoms with E-state index in [1.807, 2.05) is 0 Å². The first-order valence-corrected chi connectivity index (χ1v) is 5.82. The molecule has 0 atom stereocenters. The highest BCUT2D eigenvalue weighted by Gasteiger charge is 2.32. The third-order valence-electron chi connectivity index (χ3n) is 2.81. The van der Waals surface area contributed by atoms with Gasteiger partial charge in [-0.3, -0.25) is 25.2 Å². The van der Waals surface area contributed by atoms with Gasteiger partial charge in [-0.25, -0.2) is 8.78 Å². The van der Waals surface area contributed by atoms with Gasteiger partial charge in [-0.15, -0.1) is 0 Å². The smallest absolute Gasteiger partial charge is 0.251 e. The average molecular weight is 283 g/mol. The molecule has 3 amide bonds. The number of amides is 3. The molecule has 1 aromatic carbocycles. The number of rotatable bonds is 4. The van der Waals surface area contributed by atoms with E-state index in [2.05, 4.69) is 16.2 Å². The monoisotopic (exact) mass is 283 g/mol. The molecule has 1 saturated heterocycles. The fourth-order valence-corrected chi connectivity index (χ4v) is 1.75. The molecule has 1 aliphatic rings. The Balaban J connectivity index is 1.88. The highest BCUT2D eigenvalue weighted by Crippen LogP contribution is 2.15. The van der Waals surface area contributed by atoms with E-state index in [-0.39, 0.29) is 18.5 Å². The van der Waals surface area contributed by atoms with Crippen LogP contribution in [0.3, 0.4) is 0 Å². The number of carbonyl (C=O) groups is 3. The van der Waals surface area contributed by atoms with Crippen LogP contribution >= 0.6 is 0 Å². The van der Waals surface area contributed by atoms with E-state index in [1.165, 1.54) is 6.07 Å². The van der Waals surface area contributed by atoms with E-state index in [0.717, 1.165) is 12.1 Å². The minimum absolute atomic E-state index is 0.0349. The molecular weight excluding hydrogens is 272 g/mol. The van der Waals surface area contributed by atoms with Crippen LogP contribution in [0.5, 0.6) is 0 Å². The Bertz CT molecular complexity index is 561. The molecule has 1 fully saturated rings. The second-order valence-electron chi connectivity index (χ2n) is 4.25. The number of hydrazine groups is 1. The summed E-state index contributed by atoms with van der Waals surface area (Å²) < 4.78 is 25.6. The van der Waals surface area contributed by atoms with Gasteiger partial charge in [0.05, 0.1) is 0 Å². The SMILES string of the molecule is O=C(CCC1C(=O)NNC1=O)Nc1ccc(F)c(F)c1. The van der Waals surface area contributed by atoms with Crippen molar-refractivity contribution in [3.63, 3.8) is 0 Å². The molecule has 1 aliphatic heterocycles. The van der Waals surface area contributed by atoms with Crippen LogP contribution < -0.4 is 16.2 Å². The molecule has 2 rings (SSSR count). The average Bonchev–Trinajstić information content (AvgIpc) is 2.71. The Morgan fingerprint density at radius 2 is 1.80 bits per heavy atom. The zero-order valence-electron chi connectivity index (χ0n) is 10.2. The summed E-state index contributed by atoms with van der Waals surface area (Å²) in [6.07, 6.45) is -0.0579. The number of hydrogen-bond acceptors (Lipinski definition) is 3. The van der Waals surface area contributed by atoms with Gasteiger partial charge in [0, 0.05) is 18.2 Å². The van der Waals surface area contributed by atoms with Gasteiger partial charge in [-0.1, -0.05) is 0 Å². The second-order valence-corrected chi connectivity index (χ2v) is 4.25. The summed E-state index contributed by atoms with van der Waals surface area (Å²) in [6.45, 7) is 0. The van der Waals surface area contributed by atoms with Crippen molar-refractivity contribution in [2.45, 2.75) is 12.8 Å². The van der Waals surface area contributed by atoms with Gasteiger partial charge in [0.2, 0.25) is 5.91 Å². The van der Waals surface area contributed by atoms with Crippen LogP contribution in [0.15, 0.2) is 18.2 Å². The Labute approximate surface area is 112 Å². The van der Waals surface area contributed by atoms with Gasteiger partial charge in [0.1, 0.15) is 5.92 Å². The van der Waals surface area contributed by atoms with Gasteiger partial charge in [0.15, 0.2) is 11.6 Å². The van der Waals surface area contributed by atoms with E-state index in [1.54, 1.807) is 0 Å². The molecule has 0 aliphatic carbocycles. The van der Waals surface area contributed by atoms with Crippen molar-refractivity contribution in [1.29, 1.82) is 0 Å². The first-order chi connectivity index (χ1) is 9.47. The van der Waals surface area contributed by atoms with Crippen molar-refractivity contribution < 1.29 is 23.2 Å². The number of carbonyl (C=O) groups excluding carboxylic acids is 3. The summed E-state index contributed by atoms with van der Waals surface area (Å²) in [7, 11) is 0. The Kier molecular flexibility index (Phi) is 3.92. The van der Waals surface area contributed by atoms with E-state index >= 15 is 0 Å². The number of halogens is 2. The molecule has 0 unspecified atom stereocenters. The maximum Gasteiger partial charge on any atom is 0.251 e. The van der Waals surface area contributed by atoms with Crippen molar-refractivity contribution in [3.05, 3.63) is 29.8 Å². The van der Waals surface area contributed by atoms with Gasteiger partial charge in [-0.05, 0) is 18.6 Å². The van der Waals surface area contributed by atoms with Crippen LogP contribution in [0.25, 0.3) is 0 Å². The van der Waals surface area contributed by atoms with Crippen molar-refractivity contribution in [2.75, 3.05) is 5.32 Å². The predicted octanol–water partition coefficient (Wildman–Crippen LogP) is 0.461. The van der Waals surface area contributed by atoms with E-state index in [0.29, 0.717) is 0 Å². The van der Waals surface area contributed by atoms with Crippen LogP contribution in [0.1, 0.15) is 12.8 Å². The molecule has 0 spiro atoms. The van der Waals surface area contributed by atoms with Gasteiger partial charge in [0.25, 0.3) is 11.8 Å². The highest BCUT2D eigenvalue weighted by atomic mass is 19.2. The Hall–Kier alpha value is -2.51. The number of hydrogen-bond donors (Lipinski definition) is 3. The maximum atomic E-state index is 12.9. The minimum atomic E-state index is -1.07. The molecule has 3 N–H and O–H groups in total. The molecule has 106 valence electrons. The summed E-state index contributed by atoms with van der Waals surface area (Å²) >= 11 is 0. The molecule has 6 nitrogen and oxygen atoms in total. The number of benzene rings is 1. The number of anilines is 1. The third kappa shape index (κ3) is 3.08. The van der Waals surface area contributed by atoms with Crippen LogP contribution in [0, 0.1) is 17.6 Å². The molecule has 20 heavy (non-hydrogen) atoms. The zero-order valence-corrected chi connectivity index (χ0v) is 10.2. The van der Waals surface area contributed by atoms with Crippen molar-refractivity contribution >= 4 is 23.4 Å². The summed E-state index contributed by atoms with van der Waals surface area (Å²) in [6, 6.07) is 2.95. The van der Waals surface area contributed by atoms with Crippen molar-refractivity contribution in [2.24, 2.45) is 5.92 Å². The largest absolute Gasteiger partial charge is 0.326 e. The summed E-state index contributed by atoms with van der Waals surface area (Å²) in [5.41, 5.74) is 4.40. The number of nitrogens with one attached hydrogen (secondary N) is 3. The predicted molar refractivity (Wildman–Crippen MR) is 64.0 cm³/mol. The van der Waals surface area contributed by atoms with Crippen molar-refractivity contribution in [1.82, 2.24) is 10.9 Å². The maximum absolute atomic E-state index is 12.9. The first-order valence-electron chi connectivity index (χ1n) is 5.82. The lowest BCUT2D eigenvalue weighted by Gasteiger charge is -2.07. The molecule has 0 radical (unpaired) electrons. The van der Waals surface area contributed by atoms with Gasteiger partial charge < -0.3 is 5.32 Å². The second kappa shape index (κ2) is 5.64. The summed E-state index contributed by atoms with van der Waals surface area (Å²) in [5.74, 6) is -4.47. The molecule has 1 heterocycles. The van der Waals surface area contributed by atoms with Crippen LogP contribution in [0.2, 0.25) is 0 Å². The van der Waals surface area contributed by atoms with Crippen molar-refractivity contribution in [3.8, 4) is 0 Å². The molecule has 8 heteroatoms. The fourth-order valence-electron chi connectivity index (χ4n) is 1.75. The third-order valence-corrected chi connectivity index (χ3v) is 2.81. The Morgan fingerprint density at radius 3 is 2.40 bits per heavy atom. The minimum Gasteiger partial charge on any atom is -0.326 e. The molecular formula is C12H11F2N3O3. The molecule has 0 saturated carbocycles. The summed E-state index contributed by atoms with van der Waals surface area (Å²) in [4.78, 5) is 34.0. The van der Waals surface area contributed by atoms with E-state index in [9.17, 15) is 23.2 Å². The van der Waals surface area contributed by atoms with Crippen LogP contribution in [-0.2, 0) is 14.4 Å².